The van der Waals surface area contributed by atoms with Gasteiger partial charge in [-0.2, -0.15) is 0 Å². The van der Waals surface area contributed by atoms with E-state index in [1.54, 1.807) is 20.2 Å². The number of hydrogen-bond acceptors (Lipinski definition) is 4. The van der Waals surface area contributed by atoms with Gasteiger partial charge in [0, 0.05) is 25.4 Å². The van der Waals surface area contributed by atoms with E-state index in [1.807, 2.05) is 0 Å². The third-order valence-corrected chi connectivity index (χ3v) is 5.21. The van der Waals surface area contributed by atoms with Crippen LogP contribution < -0.4 is 15.6 Å². The molecule has 3 amide bonds. The number of carbonyl (C=O) groups is 2. The number of urea groups is 1. The van der Waals surface area contributed by atoms with E-state index < -0.39 is 6.04 Å². The van der Waals surface area contributed by atoms with Crippen molar-refractivity contribution in [3.05, 3.63) is 27.1 Å². The second-order valence-corrected chi connectivity index (χ2v) is 7.22. The minimum Gasteiger partial charge on any atom is -0.489 e. The normalized spacial score (nSPS) is 27.3. The number of nitrogens with zero attached hydrogens (tertiary/aromatic N) is 2. The number of rotatable bonds is 3. The van der Waals surface area contributed by atoms with Crippen LogP contribution in [0.5, 0.6) is 5.75 Å². The molecule has 1 aromatic rings. The Morgan fingerprint density at radius 1 is 1.21 bits per heavy atom. The SMILES string of the molecule is C[C@@H]1NC(=O)N(C2CCC(Oc3cc(=O)n(C)cc3Br)CC2)C1=O. The fourth-order valence-electron chi connectivity index (χ4n) is 3.24. The highest BCUT2D eigenvalue weighted by Crippen LogP contribution is 2.30. The van der Waals surface area contributed by atoms with Gasteiger partial charge in [-0.3, -0.25) is 14.5 Å². The molecule has 0 radical (unpaired) electrons. The number of aryl methyl sites for hydroxylation is 1. The van der Waals surface area contributed by atoms with Gasteiger partial charge < -0.3 is 14.6 Å². The maximum Gasteiger partial charge on any atom is 0.325 e. The number of amides is 3. The van der Waals surface area contributed by atoms with Gasteiger partial charge >= 0.3 is 6.03 Å². The Kier molecular flexibility index (Phi) is 4.67. The van der Waals surface area contributed by atoms with Crippen LogP contribution in [-0.4, -0.2) is 39.6 Å². The van der Waals surface area contributed by atoms with E-state index in [-0.39, 0.29) is 29.6 Å². The van der Waals surface area contributed by atoms with Gasteiger partial charge in [-0.05, 0) is 48.5 Å². The zero-order chi connectivity index (χ0) is 17.4. The summed E-state index contributed by atoms with van der Waals surface area (Å²) in [5, 5.41) is 2.65. The monoisotopic (exact) mass is 397 g/mol. The summed E-state index contributed by atoms with van der Waals surface area (Å²) in [6, 6.07) is 0.651. The molecule has 24 heavy (non-hydrogen) atoms. The molecule has 0 spiro atoms. The van der Waals surface area contributed by atoms with E-state index in [0.717, 1.165) is 17.3 Å². The number of imide groups is 1. The van der Waals surface area contributed by atoms with Crippen LogP contribution >= 0.6 is 15.9 Å². The average Bonchev–Trinajstić information content (AvgIpc) is 2.79. The van der Waals surface area contributed by atoms with Gasteiger partial charge in [0.05, 0.1) is 10.6 Å². The van der Waals surface area contributed by atoms with Crippen molar-refractivity contribution >= 4 is 27.9 Å². The van der Waals surface area contributed by atoms with E-state index in [9.17, 15) is 14.4 Å². The highest BCUT2D eigenvalue weighted by Gasteiger charge is 2.41. The van der Waals surface area contributed by atoms with Crippen molar-refractivity contribution in [3.8, 4) is 5.75 Å². The van der Waals surface area contributed by atoms with E-state index >= 15 is 0 Å². The smallest absolute Gasteiger partial charge is 0.325 e. The predicted octanol–water partition coefficient (Wildman–Crippen LogP) is 1.78. The Balaban J connectivity index is 1.62. The van der Waals surface area contributed by atoms with Crippen molar-refractivity contribution in [3.63, 3.8) is 0 Å². The predicted molar refractivity (Wildman–Crippen MR) is 90.9 cm³/mol. The van der Waals surface area contributed by atoms with Crippen LogP contribution in [0.4, 0.5) is 4.79 Å². The molecular formula is C16H20BrN3O4. The highest BCUT2D eigenvalue weighted by atomic mass is 79.9. The lowest BCUT2D eigenvalue weighted by atomic mass is 9.92. The Morgan fingerprint density at radius 2 is 1.88 bits per heavy atom. The number of nitrogens with one attached hydrogen (secondary N) is 1. The molecule has 0 unspecified atom stereocenters. The van der Waals surface area contributed by atoms with E-state index in [4.69, 9.17) is 4.74 Å². The minimum absolute atomic E-state index is 0.0251. The maximum atomic E-state index is 12.1. The van der Waals surface area contributed by atoms with Gasteiger partial charge in [-0.25, -0.2) is 4.79 Å². The summed E-state index contributed by atoms with van der Waals surface area (Å²) in [5.41, 5.74) is -0.129. The molecule has 1 aliphatic heterocycles. The van der Waals surface area contributed by atoms with Crippen molar-refractivity contribution in [2.75, 3.05) is 0 Å². The fraction of sp³-hybridized carbons (Fsp3) is 0.562. The number of pyridine rings is 1. The van der Waals surface area contributed by atoms with E-state index in [0.29, 0.717) is 18.6 Å². The fourth-order valence-corrected chi connectivity index (χ4v) is 3.76. The standard InChI is InChI=1S/C16H20BrN3O4/c1-9-15(22)20(16(23)18-9)10-3-5-11(6-4-10)24-13-7-14(21)19(2)8-12(13)17/h7-11H,3-6H2,1-2H3,(H,18,23)/t9-,10?,11?/m0/s1. The molecule has 3 rings (SSSR count). The van der Waals surface area contributed by atoms with Crippen LogP contribution in [0, 0.1) is 0 Å². The molecule has 1 saturated carbocycles. The summed E-state index contributed by atoms with van der Waals surface area (Å²) in [4.78, 5) is 37.1. The van der Waals surface area contributed by atoms with Crippen molar-refractivity contribution in [2.45, 2.75) is 50.8 Å². The van der Waals surface area contributed by atoms with E-state index in [2.05, 4.69) is 21.2 Å². The average molecular weight is 398 g/mol. The highest BCUT2D eigenvalue weighted by molar-refractivity contribution is 9.10. The van der Waals surface area contributed by atoms with Crippen LogP contribution in [0.25, 0.3) is 0 Å². The molecule has 2 heterocycles. The molecule has 0 bridgehead atoms. The Labute approximate surface area is 148 Å². The molecule has 0 aromatic carbocycles. The first kappa shape index (κ1) is 17.0. The molecular weight excluding hydrogens is 378 g/mol. The Hall–Kier alpha value is -1.83. The topological polar surface area (TPSA) is 80.6 Å². The van der Waals surface area contributed by atoms with Gasteiger partial charge in [-0.1, -0.05) is 0 Å². The quantitative estimate of drug-likeness (QED) is 0.788. The first-order chi connectivity index (χ1) is 11.4. The zero-order valence-electron chi connectivity index (χ0n) is 13.6. The largest absolute Gasteiger partial charge is 0.489 e. The molecule has 8 heteroatoms. The summed E-state index contributed by atoms with van der Waals surface area (Å²) in [6.45, 7) is 1.70. The lowest BCUT2D eigenvalue weighted by Gasteiger charge is -2.33. The zero-order valence-corrected chi connectivity index (χ0v) is 15.2. The van der Waals surface area contributed by atoms with Crippen LogP contribution in [0.15, 0.2) is 21.5 Å². The molecule has 1 aromatic heterocycles. The first-order valence-electron chi connectivity index (χ1n) is 8.03. The first-order valence-corrected chi connectivity index (χ1v) is 8.82. The van der Waals surface area contributed by atoms with Gasteiger partial charge in [-0.15, -0.1) is 0 Å². The lowest BCUT2D eigenvalue weighted by Crippen LogP contribution is -2.44. The Bertz CT molecular complexity index is 725. The van der Waals surface area contributed by atoms with Crippen LogP contribution in [-0.2, 0) is 11.8 Å². The molecule has 2 aliphatic rings. The summed E-state index contributed by atoms with van der Waals surface area (Å²) >= 11 is 3.41. The second-order valence-electron chi connectivity index (χ2n) is 6.36. The maximum absolute atomic E-state index is 12.1. The molecule has 1 saturated heterocycles. The van der Waals surface area contributed by atoms with E-state index in [1.165, 1.54) is 15.5 Å². The van der Waals surface area contributed by atoms with Crippen LogP contribution in [0.1, 0.15) is 32.6 Å². The summed E-state index contributed by atoms with van der Waals surface area (Å²) in [5.74, 6) is 0.379. The van der Waals surface area contributed by atoms with Crippen molar-refractivity contribution in [2.24, 2.45) is 7.05 Å². The molecule has 130 valence electrons. The molecule has 1 atom stereocenters. The van der Waals surface area contributed by atoms with Crippen molar-refractivity contribution in [1.29, 1.82) is 0 Å². The number of aromatic nitrogens is 1. The van der Waals surface area contributed by atoms with Crippen molar-refractivity contribution < 1.29 is 14.3 Å². The number of hydrogen-bond donors (Lipinski definition) is 1. The number of carbonyl (C=O) groups excluding carboxylic acids is 2. The van der Waals surface area contributed by atoms with Gasteiger partial charge in [0.15, 0.2) is 0 Å². The lowest BCUT2D eigenvalue weighted by molar-refractivity contribution is -0.129. The molecule has 1 N–H and O–H groups in total. The number of halogens is 1. The van der Waals surface area contributed by atoms with Gasteiger partial charge in [0.1, 0.15) is 11.8 Å². The third-order valence-electron chi connectivity index (χ3n) is 4.61. The van der Waals surface area contributed by atoms with Gasteiger partial charge in [0.2, 0.25) is 0 Å². The van der Waals surface area contributed by atoms with Gasteiger partial charge in [0.25, 0.3) is 11.5 Å². The van der Waals surface area contributed by atoms with Crippen LogP contribution in [0.3, 0.4) is 0 Å². The summed E-state index contributed by atoms with van der Waals surface area (Å²) in [7, 11) is 1.68. The molecule has 1 aliphatic carbocycles. The second kappa shape index (κ2) is 6.58. The minimum atomic E-state index is -0.442. The summed E-state index contributed by atoms with van der Waals surface area (Å²) in [6.07, 6.45) is 4.54. The summed E-state index contributed by atoms with van der Waals surface area (Å²) < 4.78 is 8.15. The third kappa shape index (κ3) is 3.19. The number of ether oxygens (including phenoxy) is 1. The molecule has 7 nitrogen and oxygen atoms in total. The van der Waals surface area contributed by atoms with Crippen molar-refractivity contribution in [1.82, 2.24) is 14.8 Å². The Morgan fingerprint density at radius 3 is 2.46 bits per heavy atom. The molecule has 2 fully saturated rings. The van der Waals surface area contributed by atoms with Crippen LogP contribution in [0.2, 0.25) is 0 Å².